The molecule has 0 saturated carbocycles. The number of benzene rings is 3. The van der Waals surface area contributed by atoms with Crippen LogP contribution in [0.3, 0.4) is 0 Å². The first-order valence-corrected chi connectivity index (χ1v) is 14.1. The third-order valence-corrected chi connectivity index (χ3v) is 6.98. The molecule has 0 N–H and O–H groups in total. The average Bonchev–Trinajstić information content (AvgIpc) is 3.00. The Labute approximate surface area is 240 Å². The van der Waals surface area contributed by atoms with Crippen LogP contribution in [0, 0.1) is 0 Å². The Hall–Kier alpha value is -3.23. The molecule has 0 unspecified atom stereocenters. The van der Waals surface area contributed by atoms with E-state index in [1.807, 2.05) is 97.9 Å². The first-order chi connectivity index (χ1) is 19.6. The molecule has 4 atom stereocenters. The summed E-state index contributed by atoms with van der Waals surface area (Å²) in [7, 11) is 0. The molecule has 0 radical (unpaired) electrons. The number of rotatable bonds is 14. The zero-order valence-corrected chi connectivity index (χ0v) is 23.4. The van der Waals surface area contributed by atoms with Crippen LogP contribution >= 0.6 is 11.6 Å². The highest BCUT2D eigenvalue weighted by Gasteiger charge is 2.51. The van der Waals surface area contributed by atoms with Crippen molar-refractivity contribution in [3.05, 3.63) is 108 Å². The maximum Gasteiger partial charge on any atom is 0.320 e. The van der Waals surface area contributed by atoms with E-state index >= 15 is 0 Å². The Balaban J connectivity index is 1.67. The van der Waals surface area contributed by atoms with E-state index in [0.717, 1.165) is 16.7 Å². The number of ether oxygens (including phenoxy) is 4. The van der Waals surface area contributed by atoms with Crippen LogP contribution in [0.5, 0.6) is 0 Å². The number of halogens is 1. The van der Waals surface area contributed by atoms with Crippen molar-refractivity contribution >= 4 is 23.5 Å². The van der Waals surface area contributed by atoms with Gasteiger partial charge in [-0.25, -0.2) is 0 Å². The molecule has 7 nitrogen and oxygen atoms in total. The average molecular weight is 566 g/mol. The van der Waals surface area contributed by atoms with Crippen molar-refractivity contribution in [2.24, 2.45) is 0 Å². The zero-order valence-electron chi connectivity index (χ0n) is 22.7. The van der Waals surface area contributed by atoms with Gasteiger partial charge in [0, 0.05) is 6.54 Å². The third-order valence-electron chi connectivity index (χ3n) is 6.76. The number of carbonyl (C=O) groups is 2. The second-order valence-electron chi connectivity index (χ2n) is 9.66. The van der Waals surface area contributed by atoms with Gasteiger partial charge in [-0.1, -0.05) is 97.9 Å². The molecule has 3 aromatic rings. The Bertz CT molecular complexity index is 1180. The smallest absolute Gasteiger partial charge is 0.320 e. The Morgan fingerprint density at radius 1 is 0.750 bits per heavy atom. The summed E-state index contributed by atoms with van der Waals surface area (Å²) in [4.78, 5) is 27.8. The van der Waals surface area contributed by atoms with E-state index < -0.39 is 30.3 Å². The first kappa shape index (κ1) is 29.7. The monoisotopic (exact) mass is 565 g/mol. The molecule has 0 bridgehead atoms. The van der Waals surface area contributed by atoms with Crippen LogP contribution < -0.4 is 0 Å². The van der Waals surface area contributed by atoms with E-state index in [0.29, 0.717) is 13.0 Å². The molecule has 1 saturated heterocycles. The van der Waals surface area contributed by atoms with Crippen molar-refractivity contribution < 1.29 is 28.5 Å². The SMILES string of the molecule is CCCN1C(=O)[C@H](OCc2ccccc2)[C@H](OCc2ccccc2)[C@H](OCc2ccccc2)[C@H]1COC(=O)CCl. The highest BCUT2D eigenvalue weighted by molar-refractivity contribution is 6.26. The summed E-state index contributed by atoms with van der Waals surface area (Å²) >= 11 is 5.71. The first-order valence-electron chi connectivity index (χ1n) is 13.6. The number of amides is 1. The van der Waals surface area contributed by atoms with Gasteiger partial charge in [0.25, 0.3) is 5.91 Å². The Morgan fingerprint density at radius 3 is 1.70 bits per heavy atom. The number of likely N-dealkylation sites (tertiary alicyclic amines) is 1. The minimum Gasteiger partial charge on any atom is -0.462 e. The molecule has 0 aromatic heterocycles. The third kappa shape index (κ3) is 8.15. The van der Waals surface area contributed by atoms with Crippen LogP contribution in [-0.4, -0.2) is 60.2 Å². The number of nitrogens with zero attached hydrogens (tertiary/aromatic N) is 1. The molecule has 40 heavy (non-hydrogen) atoms. The maximum atomic E-state index is 14.0. The van der Waals surface area contributed by atoms with Gasteiger partial charge >= 0.3 is 5.97 Å². The number of carbonyl (C=O) groups excluding carboxylic acids is 2. The molecule has 212 valence electrons. The molecule has 0 spiro atoms. The summed E-state index contributed by atoms with van der Waals surface area (Å²) in [5.74, 6) is -1.06. The van der Waals surface area contributed by atoms with Gasteiger partial charge in [0.15, 0.2) is 6.10 Å². The molecule has 8 heteroatoms. The molecular weight excluding hydrogens is 530 g/mol. The summed E-state index contributed by atoms with van der Waals surface area (Å²) in [6.07, 6.45) is -1.61. The van der Waals surface area contributed by atoms with E-state index in [4.69, 9.17) is 30.5 Å². The van der Waals surface area contributed by atoms with Crippen molar-refractivity contribution in [2.75, 3.05) is 19.0 Å². The molecule has 1 aliphatic heterocycles. The lowest BCUT2D eigenvalue weighted by atomic mass is 9.92. The quantitative estimate of drug-likeness (QED) is 0.199. The van der Waals surface area contributed by atoms with Crippen molar-refractivity contribution in [2.45, 2.75) is 57.5 Å². The van der Waals surface area contributed by atoms with Crippen LogP contribution in [0.25, 0.3) is 0 Å². The molecule has 1 fully saturated rings. The molecule has 4 rings (SSSR count). The molecule has 1 amide bonds. The van der Waals surface area contributed by atoms with Crippen LogP contribution in [0.4, 0.5) is 0 Å². The van der Waals surface area contributed by atoms with Crippen molar-refractivity contribution in [3.63, 3.8) is 0 Å². The van der Waals surface area contributed by atoms with Crippen molar-refractivity contribution in [1.29, 1.82) is 0 Å². The number of alkyl halides is 1. The minimum atomic E-state index is -0.920. The van der Waals surface area contributed by atoms with Gasteiger partial charge in [-0.2, -0.15) is 0 Å². The van der Waals surface area contributed by atoms with Gasteiger partial charge in [-0.05, 0) is 23.1 Å². The standard InChI is InChI=1S/C32H36ClNO6/c1-2-18-34-27(23-37-28(35)19-33)29(38-20-24-12-6-3-7-13-24)30(39-21-25-14-8-4-9-15-25)31(32(34)36)40-22-26-16-10-5-11-17-26/h3-17,27,29-31H,2,18-23H2,1H3/t27-,29-,30-,31-/m1/s1. The fraction of sp³-hybridized carbons (Fsp3) is 0.375. The van der Waals surface area contributed by atoms with Crippen molar-refractivity contribution in [1.82, 2.24) is 4.90 Å². The normalized spacial score (nSPS) is 20.9. The van der Waals surface area contributed by atoms with Crippen LogP contribution in [0.15, 0.2) is 91.0 Å². The van der Waals surface area contributed by atoms with E-state index in [2.05, 4.69) is 0 Å². The topological polar surface area (TPSA) is 74.3 Å². The second kappa shape index (κ2) is 15.5. The largest absolute Gasteiger partial charge is 0.462 e. The Morgan fingerprint density at radius 2 is 1.23 bits per heavy atom. The molecule has 1 heterocycles. The number of hydrogen-bond acceptors (Lipinski definition) is 6. The lowest BCUT2D eigenvalue weighted by Crippen LogP contribution is -2.67. The molecule has 0 aliphatic carbocycles. The van der Waals surface area contributed by atoms with Crippen LogP contribution in [-0.2, 0) is 48.4 Å². The summed E-state index contributed by atoms with van der Waals surface area (Å²) in [5, 5.41) is 0. The fourth-order valence-electron chi connectivity index (χ4n) is 4.80. The van der Waals surface area contributed by atoms with E-state index in [1.54, 1.807) is 4.90 Å². The van der Waals surface area contributed by atoms with E-state index in [1.165, 1.54) is 0 Å². The van der Waals surface area contributed by atoms with Gasteiger partial charge in [-0.15, -0.1) is 11.6 Å². The number of piperidine rings is 1. The van der Waals surface area contributed by atoms with E-state index in [-0.39, 0.29) is 38.2 Å². The number of hydrogen-bond donors (Lipinski definition) is 0. The Kier molecular flexibility index (Phi) is 11.5. The lowest BCUT2D eigenvalue weighted by Gasteiger charge is -2.47. The highest BCUT2D eigenvalue weighted by atomic mass is 35.5. The molecular formula is C32H36ClNO6. The number of esters is 1. The summed E-state index contributed by atoms with van der Waals surface area (Å²) < 4.78 is 24.8. The summed E-state index contributed by atoms with van der Waals surface area (Å²) in [6.45, 7) is 3.16. The molecule has 1 aliphatic rings. The minimum absolute atomic E-state index is 0.0622. The molecule has 3 aromatic carbocycles. The maximum absolute atomic E-state index is 14.0. The van der Waals surface area contributed by atoms with E-state index in [9.17, 15) is 9.59 Å². The van der Waals surface area contributed by atoms with Gasteiger partial charge in [-0.3, -0.25) is 9.59 Å². The summed E-state index contributed by atoms with van der Waals surface area (Å²) in [6, 6.07) is 28.7. The van der Waals surface area contributed by atoms with Crippen LogP contribution in [0.1, 0.15) is 30.0 Å². The van der Waals surface area contributed by atoms with Crippen molar-refractivity contribution in [3.8, 4) is 0 Å². The predicted octanol–water partition coefficient (Wildman–Crippen LogP) is 5.15. The van der Waals surface area contributed by atoms with Gasteiger partial charge in [0.05, 0.1) is 25.9 Å². The fourth-order valence-corrected chi connectivity index (χ4v) is 4.88. The zero-order chi connectivity index (χ0) is 28.2. The van der Waals surface area contributed by atoms with Gasteiger partial charge in [0.2, 0.25) is 0 Å². The van der Waals surface area contributed by atoms with Crippen LogP contribution in [0.2, 0.25) is 0 Å². The van der Waals surface area contributed by atoms with Gasteiger partial charge in [0.1, 0.15) is 24.7 Å². The summed E-state index contributed by atoms with van der Waals surface area (Å²) in [5.41, 5.74) is 2.88. The highest BCUT2D eigenvalue weighted by Crippen LogP contribution is 2.30. The second-order valence-corrected chi connectivity index (χ2v) is 9.92. The predicted molar refractivity (Wildman–Crippen MR) is 153 cm³/mol. The van der Waals surface area contributed by atoms with Gasteiger partial charge < -0.3 is 23.8 Å². The lowest BCUT2D eigenvalue weighted by molar-refractivity contribution is -0.213.